The number of aromatic nitrogens is 2. The second-order valence-corrected chi connectivity index (χ2v) is 4.27. The van der Waals surface area contributed by atoms with Crippen LogP contribution in [-0.2, 0) is 4.79 Å². The Morgan fingerprint density at radius 3 is 2.94 bits per heavy atom. The topological polar surface area (TPSA) is 96.5 Å². The highest BCUT2D eigenvalue weighted by Crippen LogP contribution is 2.22. The first-order valence-corrected chi connectivity index (χ1v) is 5.67. The summed E-state index contributed by atoms with van der Waals surface area (Å²) in [5.41, 5.74) is 0. The highest BCUT2D eigenvalue weighted by molar-refractivity contribution is 7.99. The van der Waals surface area contributed by atoms with E-state index in [-0.39, 0.29) is 11.7 Å². The van der Waals surface area contributed by atoms with Crippen LogP contribution in [0.15, 0.2) is 4.52 Å². The van der Waals surface area contributed by atoms with Crippen LogP contribution in [0.25, 0.3) is 0 Å². The van der Waals surface area contributed by atoms with Crippen molar-refractivity contribution in [3.63, 3.8) is 0 Å². The minimum absolute atomic E-state index is 0.0914. The Morgan fingerprint density at radius 1 is 1.62 bits per heavy atom. The Labute approximate surface area is 94.8 Å². The van der Waals surface area contributed by atoms with Crippen LogP contribution in [0.5, 0.6) is 0 Å². The van der Waals surface area contributed by atoms with Gasteiger partial charge in [-0.2, -0.15) is 4.98 Å². The second-order valence-electron chi connectivity index (χ2n) is 3.27. The predicted octanol–water partition coefficient (Wildman–Crippen LogP) is -0.0223. The van der Waals surface area contributed by atoms with Gasteiger partial charge in [0.15, 0.2) is 0 Å². The number of aliphatic carboxylic acids is 1. The molecule has 1 fully saturated rings. The molecule has 86 valence electrons. The fourth-order valence-corrected chi connectivity index (χ4v) is 2.51. The lowest BCUT2D eigenvalue weighted by Crippen LogP contribution is -2.42. The second kappa shape index (κ2) is 4.12. The van der Waals surface area contributed by atoms with Crippen LogP contribution in [0, 0.1) is 6.92 Å². The summed E-state index contributed by atoms with van der Waals surface area (Å²) in [5.74, 6) is -0.609. The molecular weight excluding hydrogens is 234 g/mol. The zero-order valence-electron chi connectivity index (χ0n) is 8.41. The first-order chi connectivity index (χ1) is 7.59. The molecule has 2 heterocycles. The predicted molar refractivity (Wildman–Crippen MR) is 54.0 cm³/mol. The molecule has 0 spiro atoms. The summed E-state index contributed by atoms with van der Waals surface area (Å²) in [6.07, 6.45) is 0. The molecular formula is C8H9N3O4S. The standard InChI is InChI=1S/C8H9N3O4S/c1-4-9-6(10-15-4)7(12)11-3-16-2-5(11)8(13)14/h5H,2-3H2,1H3,(H,13,14)/t5-/m0/s1. The molecule has 2 rings (SSSR count). The van der Waals surface area contributed by atoms with E-state index in [1.807, 2.05) is 0 Å². The number of carbonyl (C=O) groups excluding carboxylic acids is 1. The normalized spacial score (nSPS) is 20.1. The Balaban J connectivity index is 2.18. The maximum atomic E-state index is 11.8. The summed E-state index contributed by atoms with van der Waals surface area (Å²) in [6.45, 7) is 1.57. The van der Waals surface area contributed by atoms with E-state index in [0.717, 1.165) is 0 Å². The van der Waals surface area contributed by atoms with Crippen molar-refractivity contribution < 1.29 is 19.2 Å². The third-order valence-corrected chi connectivity index (χ3v) is 3.16. The molecule has 1 aliphatic rings. The van der Waals surface area contributed by atoms with Gasteiger partial charge in [-0.15, -0.1) is 11.8 Å². The molecule has 0 bridgehead atoms. The summed E-state index contributed by atoms with van der Waals surface area (Å²) >= 11 is 1.39. The first-order valence-electron chi connectivity index (χ1n) is 4.51. The SMILES string of the molecule is Cc1nc(C(=O)N2CSC[C@H]2C(=O)O)no1. The van der Waals surface area contributed by atoms with Crippen LogP contribution in [0.1, 0.15) is 16.5 Å². The lowest BCUT2D eigenvalue weighted by atomic mass is 10.3. The van der Waals surface area contributed by atoms with E-state index < -0.39 is 17.9 Å². The van der Waals surface area contributed by atoms with Crippen molar-refractivity contribution in [2.24, 2.45) is 0 Å². The van der Waals surface area contributed by atoms with Crippen molar-refractivity contribution in [1.82, 2.24) is 15.0 Å². The number of nitrogens with zero attached hydrogens (tertiary/aromatic N) is 3. The first kappa shape index (κ1) is 10.9. The smallest absolute Gasteiger partial charge is 0.327 e. The number of amides is 1. The number of hydrogen-bond acceptors (Lipinski definition) is 6. The zero-order chi connectivity index (χ0) is 11.7. The van der Waals surface area contributed by atoms with Crippen LogP contribution in [0.2, 0.25) is 0 Å². The fraction of sp³-hybridized carbons (Fsp3) is 0.500. The van der Waals surface area contributed by atoms with Crippen molar-refractivity contribution >= 4 is 23.6 Å². The van der Waals surface area contributed by atoms with Gasteiger partial charge in [0.1, 0.15) is 6.04 Å². The quantitative estimate of drug-likeness (QED) is 0.779. The van der Waals surface area contributed by atoms with Crippen molar-refractivity contribution in [3.8, 4) is 0 Å². The maximum Gasteiger partial charge on any atom is 0.327 e. The van der Waals surface area contributed by atoms with Crippen molar-refractivity contribution in [2.45, 2.75) is 13.0 Å². The molecule has 16 heavy (non-hydrogen) atoms. The van der Waals surface area contributed by atoms with E-state index in [1.54, 1.807) is 6.92 Å². The molecule has 1 aromatic heterocycles. The third-order valence-electron chi connectivity index (χ3n) is 2.15. The molecule has 1 N–H and O–H groups in total. The lowest BCUT2D eigenvalue weighted by molar-refractivity contribution is -0.140. The van der Waals surface area contributed by atoms with Gasteiger partial charge in [0, 0.05) is 12.7 Å². The lowest BCUT2D eigenvalue weighted by Gasteiger charge is -2.18. The Morgan fingerprint density at radius 2 is 2.38 bits per heavy atom. The van der Waals surface area contributed by atoms with Crippen molar-refractivity contribution in [1.29, 1.82) is 0 Å². The van der Waals surface area contributed by atoms with Crippen molar-refractivity contribution in [3.05, 3.63) is 11.7 Å². The number of carboxylic acid groups (broad SMARTS) is 1. The number of thioether (sulfide) groups is 1. The van der Waals surface area contributed by atoms with Gasteiger partial charge in [-0.3, -0.25) is 4.79 Å². The molecule has 0 aliphatic carbocycles. The summed E-state index contributed by atoms with van der Waals surface area (Å²) in [4.78, 5) is 27.7. The number of aryl methyl sites for hydroxylation is 1. The molecule has 1 aromatic rings. The molecule has 1 saturated heterocycles. The molecule has 1 atom stereocenters. The fourth-order valence-electron chi connectivity index (χ4n) is 1.36. The summed E-state index contributed by atoms with van der Waals surface area (Å²) in [7, 11) is 0. The van der Waals surface area contributed by atoms with E-state index in [1.165, 1.54) is 16.7 Å². The van der Waals surface area contributed by atoms with E-state index in [0.29, 0.717) is 11.6 Å². The molecule has 0 saturated carbocycles. The van der Waals surface area contributed by atoms with Gasteiger partial charge in [0.05, 0.1) is 5.88 Å². The van der Waals surface area contributed by atoms with Crippen LogP contribution in [0.4, 0.5) is 0 Å². The van der Waals surface area contributed by atoms with Gasteiger partial charge in [0.25, 0.3) is 11.7 Å². The third kappa shape index (κ3) is 1.87. The molecule has 0 radical (unpaired) electrons. The van der Waals surface area contributed by atoms with Gasteiger partial charge in [-0.05, 0) is 0 Å². The average Bonchev–Trinajstić information content (AvgIpc) is 2.84. The zero-order valence-corrected chi connectivity index (χ0v) is 9.23. The van der Waals surface area contributed by atoms with E-state index in [4.69, 9.17) is 5.11 Å². The molecule has 0 aromatic carbocycles. The number of rotatable bonds is 2. The molecule has 1 aliphatic heterocycles. The highest BCUT2D eigenvalue weighted by Gasteiger charge is 2.36. The van der Waals surface area contributed by atoms with Gasteiger partial charge in [-0.1, -0.05) is 5.16 Å². The maximum absolute atomic E-state index is 11.8. The Kier molecular flexibility index (Phi) is 2.82. The monoisotopic (exact) mass is 243 g/mol. The van der Waals surface area contributed by atoms with Crippen molar-refractivity contribution in [2.75, 3.05) is 11.6 Å². The van der Waals surface area contributed by atoms with Gasteiger partial charge in [-0.25, -0.2) is 4.79 Å². The molecule has 0 unspecified atom stereocenters. The van der Waals surface area contributed by atoms with Crippen LogP contribution in [-0.4, -0.2) is 49.7 Å². The van der Waals surface area contributed by atoms with Crippen LogP contribution in [0.3, 0.4) is 0 Å². The molecule has 1 amide bonds. The Hall–Kier alpha value is -1.57. The minimum atomic E-state index is -1.02. The van der Waals surface area contributed by atoms with Crippen LogP contribution >= 0.6 is 11.8 Å². The minimum Gasteiger partial charge on any atom is -0.480 e. The van der Waals surface area contributed by atoms with E-state index >= 15 is 0 Å². The number of hydrogen-bond donors (Lipinski definition) is 1. The van der Waals surface area contributed by atoms with Gasteiger partial charge >= 0.3 is 5.97 Å². The van der Waals surface area contributed by atoms with E-state index in [9.17, 15) is 9.59 Å². The largest absolute Gasteiger partial charge is 0.480 e. The summed E-state index contributed by atoms with van der Waals surface area (Å²) in [6, 6.07) is -0.809. The summed E-state index contributed by atoms with van der Waals surface area (Å²) < 4.78 is 4.68. The number of carboxylic acids is 1. The molecule has 7 nitrogen and oxygen atoms in total. The average molecular weight is 243 g/mol. The number of carbonyl (C=O) groups is 2. The molecule has 8 heteroatoms. The van der Waals surface area contributed by atoms with Crippen LogP contribution < -0.4 is 0 Å². The van der Waals surface area contributed by atoms with Gasteiger partial charge < -0.3 is 14.5 Å². The van der Waals surface area contributed by atoms with Gasteiger partial charge in [0.2, 0.25) is 5.89 Å². The Bertz CT molecular complexity index is 433. The summed E-state index contributed by atoms with van der Waals surface area (Å²) in [5, 5.41) is 12.4. The highest BCUT2D eigenvalue weighted by atomic mass is 32.2. The van der Waals surface area contributed by atoms with E-state index in [2.05, 4.69) is 14.7 Å².